The van der Waals surface area contributed by atoms with Crippen LogP contribution >= 0.6 is 11.8 Å². The second-order valence-electron chi connectivity index (χ2n) is 4.72. The van der Waals surface area contributed by atoms with Gasteiger partial charge >= 0.3 is 0 Å². The molecule has 0 radical (unpaired) electrons. The van der Waals surface area contributed by atoms with Crippen LogP contribution in [0.15, 0.2) is 6.33 Å². The van der Waals surface area contributed by atoms with Crippen molar-refractivity contribution in [3.8, 4) is 0 Å². The Morgan fingerprint density at radius 2 is 2.59 bits per heavy atom. The summed E-state index contributed by atoms with van der Waals surface area (Å²) in [6.07, 6.45) is 4.08. The molecule has 0 aliphatic carbocycles. The standard InChI is InChI=1S/C11H15N3O2S/c15-9(10-12-7-13-14-10)8-1-3-16-11(5-8)2-4-17-6-11/h7-8H,1-6H2,(H,12,13,14). The number of thioether (sulfide) groups is 1. The molecular weight excluding hydrogens is 238 g/mol. The van der Waals surface area contributed by atoms with Gasteiger partial charge in [-0.3, -0.25) is 9.89 Å². The average molecular weight is 253 g/mol. The van der Waals surface area contributed by atoms with E-state index in [0.29, 0.717) is 12.4 Å². The van der Waals surface area contributed by atoms with Gasteiger partial charge in [-0.25, -0.2) is 4.98 Å². The summed E-state index contributed by atoms with van der Waals surface area (Å²) in [4.78, 5) is 16.1. The van der Waals surface area contributed by atoms with E-state index in [1.807, 2.05) is 11.8 Å². The molecule has 2 fully saturated rings. The molecule has 5 nitrogen and oxygen atoms in total. The summed E-state index contributed by atoms with van der Waals surface area (Å²) in [5.41, 5.74) is -0.0523. The molecule has 6 heteroatoms. The Balaban J connectivity index is 1.73. The molecule has 17 heavy (non-hydrogen) atoms. The Morgan fingerprint density at radius 1 is 1.65 bits per heavy atom. The third-order valence-electron chi connectivity index (χ3n) is 3.58. The van der Waals surface area contributed by atoms with Crippen molar-refractivity contribution in [3.63, 3.8) is 0 Å². The van der Waals surface area contributed by atoms with E-state index in [0.717, 1.165) is 30.8 Å². The summed E-state index contributed by atoms with van der Waals surface area (Å²) in [5, 5.41) is 6.39. The van der Waals surface area contributed by atoms with Crippen LogP contribution in [0.5, 0.6) is 0 Å². The van der Waals surface area contributed by atoms with Crippen LogP contribution in [-0.2, 0) is 4.74 Å². The lowest BCUT2D eigenvalue weighted by molar-refractivity contribution is -0.0735. The molecule has 0 aromatic carbocycles. The number of aromatic nitrogens is 3. The number of H-pyrrole nitrogens is 1. The van der Waals surface area contributed by atoms with Gasteiger partial charge in [0.1, 0.15) is 6.33 Å². The van der Waals surface area contributed by atoms with Crippen LogP contribution in [0.25, 0.3) is 0 Å². The lowest BCUT2D eigenvalue weighted by Crippen LogP contribution is -2.42. The van der Waals surface area contributed by atoms with E-state index in [1.54, 1.807) is 0 Å². The van der Waals surface area contributed by atoms with Gasteiger partial charge in [0.25, 0.3) is 0 Å². The highest BCUT2D eigenvalue weighted by Gasteiger charge is 2.42. The van der Waals surface area contributed by atoms with Gasteiger partial charge in [-0.1, -0.05) is 0 Å². The predicted molar refractivity (Wildman–Crippen MR) is 64.1 cm³/mol. The highest BCUT2D eigenvalue weighted by atomic mass is 32.2. The van der Waals surface area contributed by atoms with Crippen LogP contribution in [0.3, 0.4) is 0 Å². The van der Waals surface area contributed by atoms with Crippen molar-refractivity contribution >= 4 is 17.5 Å². The van der Waals surface area contributed by atoms with E-state index in [-0.39, 0.29) is 17.3 Å². The maximum atomic E-state index is 12.2. The Hall–Kier alpha value is -0.880. The first-order valence-electron chi connectivity index (χ1n) is 5.90. The zero-order valence-electron chi connectivity index (χ0n) is 9.52. The summed E-state index contributed by atoms with van der Waals surface area (Å²) in [7, 11) is 0. The maximum absolute atomic E-state index is 12.2. The molecule has 0 bridgehead atoms. The Kier molecular flexibility index (Phi) is 2.92. The highest BCUT2D eigenvalue weighted by Crippen LogP contribution is 2.40. The van der Waals surface area contributed by atoms with Crippen molar-refractivity contribution in [2.75, 3.05) is 18.1 Å². The number of rotatable bonds is 2. The van der Waals surface area contributed by atoms with Crippen LogP contribution in [0.1, 0.15) is 29.9 Å². The minimum atomic E-state index is -0.0523. The summed E-state index contributed by atoms with van der Waals surface area (Å²) >= 11 is 1.92. The summed E-state index contributed by atoms with van der Waals surface area (Å²) in [6.45, 7) is 0.686. The number of carbonyl (C=O) groups excluding carboxylic acids is 1. The fourth-order valence-electron chi connectivity index (χ4n) is 2.63. The summed E-state index contributed by atoms with van der Waals surface area (Å²) in [5.74, 6) is 2.67. The molecule has 2 saturated heterocycles. The number of ether oxygens (including phenoxy) is 1. The molecule has 0 saturated carbocycles. The Bertz CT molecular complexity index is 401. The van der Waals surface area contributed by atoms with Crippen molar-refractivity contribution in [2.24, 2.45) is 5.92 Å². The largest absolute Gasteiger partial charge is 0.374 e. The van der Waals surface area contributed by atoms with Crippen molar-refractivity contribution in [3.05, 3.63) is 12.2 Å². The van der Waals surface area contributed by atoms with E-state index in [9.17, 15) is 4.79 Å². The summed E-state index contributed by atoms with van der Waals surface area (Å²) < 4.78 is 5.90. The minimum absolute atomic E-state index is 0.0374. The van der Waals surface area contributed by atoms with E-state index >= 15 is 0 Å². The number of Topliss-reactive ketones (excluding diaryl/α,β-unsaturated/α-hetero) is 1. The highest BCUT2D eigenvalue weighted by molar-refractivity contribution is 7.99. The van der Waals surface area contributed by atoms with E-state index in [1.165, 1.54) is 6.33 Å². The number of hydrogen-bond donors (Lipinski definition) is 1. The fraction of sp³-hybridized carbons (Fsp3) is 0.727. The molecule has 2 aliphatic heterocycles. The molecular formula is C11H15N3O2S. The quantitative estimate of drug-likeness (QED) is 0.804. The molecule has 1 aromatic rings. The lowest BCUT2D eigenvalue weighted by Gasteiger charge is -2.36. The number of hydrogen-bond acceptors (Lipinski definition) is 5. The smallest absolute Gasteiger partial charge is 0.202 e. The minimum Gasteiger partial charge on any atom is -0.374 e. The van der Waals surface area contributed by atoms with Gasteiger partial charge in [0, 0.05) is 18.3 Å². The first kappa shape index (κ1) is 11.2. The maximum Gasteiger partial charge on any atom is 0.202 e. The first-order chi connectivity index (χ1) is 8.29. The van der Waals surface area contributed by atoms with Gasteiger partial charge in [0.15, 0.2) is 5.82 Å². The molecule has 3 rings (SSSR count). The third-order valence-corrected chi connectivity index (χ3v) is 4.80. The van der Waals surface area contributed by atoms with E-state index in [2.05, 4.69) is 15.2 Å². The van der Waals surface area contributed by atoms with E-state index < -0.39 is 0 Å². The molecule has 3 heterocycles. The predicted octanol–water partition coefficient (Wildman–Crippen LogP) is 1.29. The zero-order chi connectivity index (χ0) is 11.7. The topological polar surface area (TPSA) is 67.9 Å². The van der Waals surface area contributed by atoms with Crippen molar-refractivity contribution < 1.29 is 9.53 Å². The van der Waals surface area contributed by atoms with Crippen LogP contribution in [0.2, 0.25) is 0 Å². The number of carbonyl (C=O) groups is 1. The number of aromatic amines is 1. The summed E-state index contributed by atoms with van der Waals surface area (Å²) in [6, 6.07) is 0. The first-order valence-corrected chi connectivity index (χ1v) is 7.06. The molecule has 92 valence electrons. The van der Waals surface area contributed by atoms with Crippen molar-refractivity contribution in [1.82, 2.24) is 15.2 Å². The molecule has 0 amide bonds. The average Bonchev–Trinajstić information content (AvgIpc) is 3.00. The molecule has 2 unspecified atom stereocenters. The fourth-order valence-corrected chi connectivity index (χ4v) is 4.01. The monoisotopic (exact) mass is 253 g/mol. The van der Waals surface area contributed by atoms with Gasteiger partial charge in [0.05, 0.1) is 5.60 Å². The molecule has 1 aromatic heterocycles. The van der Waals surface area contributed by atoms with E-state index in [4.69, 9.17) is 4.74 Å². The van der Waals surface area contributed by atoms with Gasteiger partial charge in [-0.2, -0.15) is 16.9 Å². The second-order valence-corrected chi connectivity index (χ2v) is 5.83. The zero-order valence-corrected chi connectivity index (χ0v) is 10.3. The number of ketones is 1. The SMILES string of the molecule is O=C(c1ncn[nH]1)C1CCOC2(CCSC2)C1. The van der Waals surface area contributed by atoms with Gasteiger partial charge in [-0.05, 0) is 25.0 Å². The number of nitrogens with zero attached hydrogens (tertiary/aromatic N) is 2. The van der Waals surface area contributed by atoms with Gasteiger partial charge in [-0.15, -0.1) is 0 Å². The molecule has 1 N–H and O–H groups in total. The molecule has 1 spiro atoms. The van der Waals surface area contributed by atoms with Gasteiger partial charge in [0.2, 0.25) is 5.78 Å². The lowest BCUT2D eigenvalue weighted by atomic mass is 9.83. The molecule has 2 atom stereocenters. The van der Waals surface area contributed by atoms with Crippen LogP contribution in [-0.4, -0.2) is 44.7 Å². The molecule has 2 aliphatic rings. The normalized spacial score (nSPS) is 33.1. The second kappa shape index (κ2) is 4.42. The van der Waals surface area contributed by atoms with Gasteiger partial charge < -0.3 is 4.74 Å². The van der Waals surface area contributed by atoms with Crippen LogP contribution in [0, 0.1) is 5.92 Å². The third kappa shape index (κ3) is 2.11. The number of nitrogens with one attached hydrogen (secondary N) is 1. The van der Waals surface area contributed by atoms with Crippen molar-refractivity contribution in [2.45, 2.75) is 24.9 Å². The van der Waals surface area contributed by atoms with Crippen LogP contribution in [0.4, 0.5) is 0 Å². The Labute approximate surface area is 104 Å². The van der Waals surface area contributed by atoms with Crippen molar-refractivity contribution in [1.29, 1.82) is 0 Å². The van der Waals surface area contributed by atoms with Crippen LogP contribution < -0.4 is 0 Å². The Morgan fingerprint density at radius 3 is 3.29 bits per heavy atom.